The monoisotopic (exact) mass is 262 g/mol. The number of nitrogens with zero attached hydrogens (tertiary/aromatic N) is 1. The number of hydrogen-bond acceptors (Lipinski definition) is 3. The zero-order chi connectivity index (χ0) is 13.7. The molecule has 2 atom stereocenters. The van der Waals surface area contributed by atoms with E-state index in [2.05, 4.69) is 48.3 Å². The van der Waals surface area contributed by atoms with Crippen LogP contribution in [0.5, 0.6) is 5.75 Å². The van der Waals surface area contributed by atoms with Crippen LogP contribution in [0.25, 0.3) is 0 Å². The maximum Gasteiger partial charge on any atom is 0.119 e. The maximum absolute atomic E-state index is 5.50. The molecule has 3 heteroatoms. The summed E-state index contributed by atoms with van der Waals surface area (Å²) in [5.74, 6) is 1.63. The van der Waals surface area contributed by atoms with Crippen LogP contribution in [-0.2, 0) is 0 Å². The van der Waals surface area contributed by atoms with Gasteiger partial charge < -0.3 is 15.0 Å². The third kappa shape index (κ3) is 4.13. The van der Waals surface area contributed by atoms with Crippen LogP contribution in [0.3, 0.4) is 0 Å². The van der Waals surface area contributed by atoms with E-state index in [0.29, 0.717) is 12.0 Å². The average molecular weight is 262 g/mol. The van der Waals surface area contributed by atoms with Crippen molar-refractivity contribution in [2.45, 2.75) is 33.2 Å². The average Bonchev–Trinajstić information content (AvgIpc) is 2.41. The number of hydrogen-bond donors (Lipinski definition) is 1. The summed E-state index contributed by atoms with van der Waals surface area (Å²) in [7, 11) is 0. The molecule has 0 aromatic heterocycles. The van der Waals surface area contributed by atoms with E-state index in [0.717, 1.165) is 32.0 Å². The van der Waals surface area contributed by atoms with Gasteiger partial charge in [0.15, 0.2) is 0 Å². The Morgan fingerprint density at radius 3 is 2.68 bits per heavy atom. The zero-order valence-corrected chi connectivity index (χ0v) is 12.4. The van der Waals surface area contributed by atoms with E-state index in [9.17, 15) is 0 Å². The topological polar surface area (TPSA) is 24.5 Å². The van der Waals surface area contributed by atoms with Crippen molar-refractivity contribution in [3.63, 3.8) is 0 Å². The molecule has 0 amide bonds. The van der Waals surface area contributed by atoms with E-state index in [1.165, 1.54) is 12.1 Å². The van der Waals surface area contributed by atoms with Gasteiger partial charge in [0.25, 0.3) is 0 Å². The standard InChI is InChI=1S/C16H26N2O/c1-4-19-16-7-5-15(6-8-16)18-10-9-14(3)17-11-13(2)12-18/h5-8,13-14,17H,4,9-12H2,1-3H3. The molecule has 3 nitrogen and oxygen atoms in total. The summed E-state index contributed by atoms with van der Waals surface area (Å²) in [6.07, 6.45) is 1.19. The van der Waals surface area contributed by atoms with Gasteiger partial charge in [0, 0.05) is 24.8 Å². The first kappa shape index (κ1) is 14.2. The molecule has 0 aliphatic carbocycles. The van der Waals surface area contributed by atoms with E-state index >= 15 is 0 Å². The molecule has 1 aromatic rings. The first-order valence-corrected chi connectivity index (χ1v) is 7.40. The van der Waals surface area contributed by atoms with Gasteiger partial charge in [-0.3, -0.25) is 0 Å². The van der Waals surface area contributed by atoms with Crippen LogP contribution < -0.4 is 15.0 Å². The minimum Gasteiger partial charge on any atom is -0.494 e. The van der Waals surface area contributed by atoms with Gasteiger partial charge >= 0.3 is 0 Å². The molecule has 1 saturated heterocycles. The normalized spacial score (nSPS) is 24.7. The Morgan fingerprint density at radius 1 is 1.26 bits per heavy atom. The van der Waals surface area contributed by atoms with Gasteiger partial charge in [-0.25, -0.2) is 0 Å². The highest BCUT2D eigenvalue weighted by atomic mass is 16.5. The lowest BCUT2D eigenvalue weighted by Gasteiger charge is -2.33. The highest BCUT2D eigenvalue weighted by Gasteiger charge is 2.16. The summed E-state index contributed by atoms with van der Waals surface area (Å²) in [5.41, 5.74) is 1.31. The first-order chi connectivity index (χ1) is 9.19. The van der Waals surface area contributed by atoms with Crippen molar-refractivity contribution in [1.29, 1.82) is 0 Å². The molecule has 0 bridgehead atoms. The second kappa shape index (κ2) is 6.80. The summed E-state index contributed by atoms with van der Waals surface area (Å²) in [6, 6.07) is 9.11. The van der Waals surface area contributed by atoms with Gasteiger partial charge in [-0.05, 0) is 57.0 Å². The fraction of sp³-hybridized carbons (Fsp3) is 0.625. The molecule has 1 fully saturated rings. The van der Waals surface area contributed by atoms with Crippen molar-refractivity contribution in [3.8, 4) is 5.75 Å². The summed E-state index contributed by atoms with van der Waals surface area (Å²) < 4.78 is 5.50. The van der Waals surface area contributed by atoms with Crippen molar-refractivity contribution in [3.05, 3.63) is 24.3 Å². The Bertz CT molecular complexity index is 377. The van der Waals surface area contributed by atoms with E-state index < -0.39 is 0 Å². The molecular formula is C16H26N2O. The lowest BCUT2D eigenvalue weighted by Crippen LogP contribution is -2.42. The molecule has 2 rings (SSSR count). The van der Waals surface area contributed by atoms with E-state index in [-0.39, 0.29) is 0 Å². The molecule has 1 heterocycles. The van der Waals surface area contributed by atoms with E-state index in [1.54, 1.807) is 0 Å². The van der Waals surface area contributed by atoms with Crippen LogP contribution in [0, 0.1) is 5.92 Å². The highest BCUT2D eigenvalue weighted by molar-refractivity contribution is 5.49. The molecule has 19 heavy (non-hydrogen) atoms. The molecule has 106 valence electrons. The highest BCUT2D eigenvalue weighted by Crippen LogP contribution is 2.21. The summed E-state index contributed by atoms with van der Waals surface area (Å²) in [6.45, 7) is 10.7. The number of rotatable bonds is 3. The quantitative estimate of drug-likeness (QED) is 0.906. The Balaban J connectivity index is 2.05. The van der Waals surface area contributed by atoms with Crippen LogP contribution in [0.2, 0.25) is 0 Å². The third-order valence-corrected chi connectivity index (χ3v) is 3.69. The molecule has 1 N–H and O–H groups in total. The minimum absolute atomic E-state index is 0.605. The fourth-order valence-corrected chi connectivity index (χ4v) is 2.54. The molecule has 2 unspecified atom stereocenters. The molecule has 1 aliphatic heterocycles. The van der Waals surface area contributed by atoms with Gasteiger partial charge in [-0.1, -0.05) is 6.92 Å². The smallest absolute Gasteiger partial charge is 0.119 e. The van der Waals surface area contributed by atoms with E-state index in [1.807, 2.05) is 6.92 Å². The Kier molecular flexibility index (Phi) is 5.08. The van der Waals surface area contributed by atoms with Gasteiger partial charge in [-0.15, -0.1) is 0 Å². The summed E-state index contributed by atoms with van der Waals surface area (Å²) in [5, 5.41) is 3.59. The Morgan fingerprint density at radius 2 is 2.00 bits per heavy atom. The third-order valence-electron chi connectivity index (χ3n) is 3.69. The van der Waals surface area contributed by atoms with Crippen molar-refractivity contribution < 1.29 is 4.74 Å². The number of benzene rings is 1. The van der Waals surface area contributed by atoms with Gasteiger partial charge in [-0.2, -0.15) is 0 Å². The molecule has 0 radical (unpaired) electrons. The number of anilines is 1. The van der Waals surface area contributed by atoms with Crippen LogP contribution in [0.15, 0.2) is 24.3 Å². The van der Waals surface area contributed by atoms with E-state index in [4.69, 9.17) is 4.74 Å². The minimum atomic E-state index is 0.605. The Labute approximate surface area is 116 Å². The number of ether oxygens (including phenoxy) is 1. The van der Waals surface area contributed by atoms with Crippen LogP contribution >= 0.6 is 0 Å². The van der Waals surface area contributed by atoms with Crippen molar-refractivity contribution in [1.82, 2.24) is 5.32 Å². The molecule has 0 saturated carbocycles. The predicted octanol–water partition coefficient (Wildman–Crippen LogP) is 2.91. The van der Waals surface area contributed by atoms with Crippen molar-refractivity contribution >= 4 is 5.69 Å². The molecular weight excluding hydrogens is 236 g/mol. The SMILES string of the molecule is CCOc1ccc(N2CCC(C)NCC(C)C2)cc1. The maximum atomic E-state index is 5.50. The number of nitrogens with one attached hydrogen (secondary N) is 1. The summed E-state index contributed by atoms with van der Waals surface area (Å²) in [4.78, 5) is 2.50. The van der Waals surface area contributed by atoms with Crippen LogP contribution in [-0.4, -0.2) is 32.3 Å². The van der Waals surface area contributed by atoms with Crippen LogP contribution in [0.1, 0.15) is 27.2 Å². The second-order valence-electron chi connectivity index (χ2n) is 5.58. The molecule has 1 aliphatic rings. The first-order valence-electron chi connectivity index (χ1n) is 7.40. The van der Waals surface area contributed by atoms with Gasteiger partial charge in [0.1, 0.15) is 5.75 Å². The molecule has 0 spiro atoms. The predicted molar refractivity (Wildman–Crippen MR) is 81.1 cm³/mol. The van der Waals surface area contributed by atoms with Gasteiger partial charge in [0.05, 0.1) is 6.61 Å². The van der Waals surface area contributed by atoms with Crippen LogP contribution in [0.4, 0.5) is 5.69 Å². The van der Waals surface area contributed by atoms with Gasteiger partial charge in [0.2, 0.25) is 0 Å². The Hall–Kier alpha value is -1.22. The lowest BCUT2D eigenvalue weighted by molar-refractivity contribution is 0.340. The largest absolute Gasteiger partial charge is 0.494 e. The zero-order valence-electron chi connectivity index (χ0n) is 12.4. The van der Waals surface area contributed by atoms with Crippen molar-refractivity contribution in [2.75, 3.05) is 31.1 Å². The van der Waals surface area contributed by atoms with Crippen molar-refractivity contribution in [2.24, 2.45) is 5.92 Å². The lowest BCUT2D eigenvalue weighted by atomic mass is 10.1. The second-order valence-corrected chi connectivity index (χ2v) is 5.58. The fourth-order valence-electron chi connectivity index (χ4n) is 2.54. The molecule has 1 aromatic carbocycles. The summed E-state index contributed by atoms with van der Waals surface area (Å²) >= 11 is 0.